The molecule has 0 aliphatic rings. The predicted octanol–water partition coefficient (Wildman–Crippen LogP) is 14.7. The molecule has 0 aliphatic heterocycles. The van der Waals surface area contributed by atoms with Gasteiger partial charge in [-0.25, -0.2) is 0 Å². The highest BCUT2D eigenvalue weighted by Gasteiger charge is 2.24. The maximum absolute atomic E-state index is 13.2. The Hall–Kier alpha value is -1.66. The van der Waals surface area contributed by atoms with Gasteiger partial charge < -0.3 is 20.3 Å². The average molecular weight is 804 g/mol. The maximum atomic E-state index is 13.2. The molecule has 0 saturated carbocycles. The number of aliphatic hydroxyl groups is 2. The zero-order valence-electron chi connectivity index (χ0n) is 38.2. The van der Waals surface area contributed by atoms with E-state index in [1.807, 2.05) is 0 Å². The number of allylic oxidation sites excluding steroid dienone is 4. The number of esters is 1. The lowest BCUT2D eigenvalue weighted by Gasteiger charge is -2.24. The summed E-state index contributed by atoms with van der Waals surface area (Å²) in [6.45, 7) is 6.44. The largest absolute Gasteiger partial charge is 0.462 e. The van der Waals surface area contributed by atoms with Crippen LogP contribution < -0.4 is 5.32 Å². The molecule has 6 heteroatoms. The molecule has 336 valence electrons. The van der Waals surface area contributed by atoms with E-state index in [1.165, 1.54) is 148 Å². The molecule has 0 radical (unpaired) electrons. The highest BCUT2D eigenvalue weighted by atomic mass is 16.5. The van der Waals surface area contributed by atoms with Gasteiger partial charge in [-0.1, -0.05) is 225 Å². The van der Waals surface area contributed by atoms with E-state index in [9.17, 15) is 19.8 Å². The number of amides is 1. The summed E-state index contributed by atoms with van der Waals surface area (Å²) in [5, 5.41) is 23.7. The quantitative estimate of drug-likeness (QED) is 0.0324. The van der Waals surface area contributed by atoms with Gasteiger partial charge in [-0.05, 0) is 51.4 Å². The number of ether oxygens (including phenoxy) is 1. The van der Waals surface area contributed by atoms with Crippen LogP contribution in [0.15, 0.2) is 24.3 Å². The molecule has 0 rings (SSSR count). The molecule has 3 atom stereocenters. The molecule has 0 bridgehead atoms. The van der Waals surface area contributed by atoms with Crippen molar-refractivity contribution in [3.05, 3.63) is 24.3 Å². The third-order valence-corrected chi connectivity index (χ3v) is 11.6. The number of hydrogen-bond acceptors (Lipinski definition) is 5. The first-order chi connectivity index (χ1) is 28.0. The van der Waals surface area contributed by atoms with E-state index in [0.29, 0.717) is 19.3 Å². The van der Waals surface area contributed by atoms with Crippen LogP contribution in [0.3, 0.4) is 0 Å². The van der Waals surface area contributed by atoms with E-state index >= 15 is 0 Å². The van der Waals surface area contributed by atoms with Crippen LogP contribution in [0.2, 0.25) is 0 Å². The molecule has 1 amide bonds. The number of aliphatic hydroxyl groups excluding tert-OH is 2. The molecule has 0 aromatic rings. The smallest absolute Gasteiger partial charge is 0.306 e. The summed E-state index contributed by atoms with van der Waals surface area (Å²) in [6.07, 6.45) is 51.0. The van der Waals surface area contributed by atoms with Gasteiger partial charge in [0.05, 0.1) is 25.2 Å². The van der Waals surface area contributed by atoms with Crippen LogP contribution in [0.4, 0.5) is 0 Å². The van der Waals surface area contributed by atoms with Gasteiger partial charge >= 0.3 is 5.97 Å². The standard InChI is InChI=1S/C51H97NO5/c1-4-7-10-13-16-19-21-23-24-25-27-29-32-34-37-40-43-49(54)48(46-53)52-50(55)45-47(57-51(56)44-41-38-35-30-18-15-12-9-6-3)42-39-36-33-31-28-26-22-20-17-14-11-8-5-2/h17,20,22,26,47-49,53-54H,4-16,18-19,21,23-25,27-46H2,1-3H3,(H,52,55)/b20-17+,26-22+. The second kappa shape index (κ2) is 45.4. The second-order valence-corrected chi connectivity index (χ2v) is 17.3. The van der Waals surface area contributed by atoms with E-state index in [1.54, 1.807) is 0 Å². The fourth-order valence-electron chi connectivity index (χ4n) is 7.72. The van der Waals surface area contributed by atoms with Crippen molar-refractivity contribution in [1.29, 1.82) is 0 Å². The summed E-state index contributed by atoms with van der Waals surface area (Å²) in [6, 6.07) is -0.702. The van der Waals surface area contributed by atoms with Crippen molar-refractivity contribution in [1.82, 2.24) is 5.32 Å². The molecule has 0 spiro atoms. The van der Waals surface area contributed by atoms with Gasteiger partial charge in [0.1, 0.15) is 6.10 Å². The summed E-state index contributed by atoms with van der Waals surface area (Å²) in [5.41, 5.74) is 0. The average Bonchev–Trinajstić information content (AvgIpc) is 3.20. The van der Waals surface area contributed by atoms with E-state index in [-0.39, 0.29) is 24.9 Å². The van der Waals surface area contributed by atoms with Crippen molar-refractivity contribution in [2.24, 2.45) is 0 Å². The monoisotopic (exact) mass is 804 g/mol. The van der Waals surface area contributed by atoms with Crippen molar-refractivity contribution in [3.8, 4) is 0 Å². The molecule has 0 aromatic heterocycles. The number of hydrogen-bond donors (Lipinski definition) is 3. The SMILES string of the molecule is CCCCC/C=C/C=C/CCCCCCC(CC(=O)NC(CO)C(O)CCCCCCCCCCCCCCCCCC)OC(=O)CCCCCCCCCCC. The Morgan fingerprint density at radius 2 is 0.877 bits per heavy atom. The van der Waals surface area contributed by atoms with Crippen molar-refractivity contribution < 1.29 is 24.5 Å². The minimum absolute atomic E-state index is 0.0685. The van der Waals surface area contributed by atoms with Crippen LogP contribution in [0.5, 0.6) is 0 Å². The fourth-order valence-corrected chi connectivity index (χ4v) is 7.72. The van der Waals surface area contributed by atoms with Crippen LogP contribution in [0.25, 0.3) is 0 Å². The third-order valence-electron chi connectivity index (χ3n) is 11.6. The van der Waals surface area contributed by atoms with Gasteiger partial charge in [-0.15, -0.1) is 0 Å². The van der Waals surface area contributed by atoms with Gasteiger partial charge in [0, 0.05) is 6.42 Å². The first kappa shape index (κ1) is 55.3. The Morgan fingerprint density at radius 1 is 0.509 bits per heavy atom. The Morgan fingerprint density at radius 3 is 1.33 bits per heavy atom. The predicted molar refractivity (Wildman–Crippen MR) is 246 cm³/mol. The van der Waals surface area contributed by atoms with Gasteiger partial charge in [0.15, 0.2) is 0 Å². The molecule has 0 aromatic carbocycles. The maximum Gasteiger partial charge on any atom is 0.306 e. The lowest BCUT2D eigenvalue weighted by Crippen LogP contribution is -2.46. The van der Waals surface area contributed by atoms with E-state index in [0.717, 1.165) is 70.6 Å². The third kappa shape index (κ3) is 40.9. The van der Waals surface area contributed by atoms with Gasteiger partial charge in [0.2, 0.25) is 5.91 Å². The molecular formula is C51H97NO5. The van der Waals surface area contributed by atoms with Gasteiger partial charge in [0.25, 0.3) is 0 Å². The minimum atomic E-state index is -0.788. The molecule has 0 saturated heterocycles. The first-order valence-electron chi connectivity index (χ1n) is 25.1. The highest BCUT2D eigenvalue weighted by molar-refractivity contribution is 5.77. The summed E-state index contributed by atoms with van der Waals surface area (Å²) in [7, 11) is 0. The molecule has 3 unspecified atom stereocenters. The Kier molecular flexibility index (Phi) is 44.1. The zero-order chi connectivity index (χ0) is 41.7. The lowest BCUT2D eigenvalue weighted by atomic mass is 10.0. The number of nitrogens with one attached hydrogen (secondary N) is 1. The second-order valence-electron chi connectivity index (χ2n) is 17.3. The molecule has 0 aliphatic carbocycles. The summed E-state index contributed by atoms with van der Waals surface area (Å²) >= 11 is 0. The Labute approximate surface area is 354 Å². The zero-order valence-corrected chi connectivity index (χ0v) is 38.2. The molecular weight excluding hydrogens is 707 g/mol. The minimum Gasteiger partial charge on any atom is -0.462 e. The van der Waals surface area contributed by atoms with Gasteiger partial charge in [-0.3, -0.25) is 9.59 Å². The lowest BCUT2D eigenvalue weighted by molar-refractivity contribution is -0.151. The number of rotatable bonds is 45. The van der Waals surface area contributed by atoms with E-state index in [4.69, 9.17) is 4.74 Å². The van der Waals surface area contributed by atoms with Crippen LogP contribution in [-0.4, -0.2) is 46.9 Å². The number of carbonyl (C=O) groups excluding carboxylic acids is 2. The van der Waals surface area contributed by atoms with E-state index < -0.39 is 18.2 Å². The van der Waals surface area contributed by atoms with E-state index in [2.05, 4.69) is 50.4 Å². The number of unbranched alkanes of at least 4 members (excludes halogenated alkanes) is 30. The van der Waals surface area contributed by atoms with Crippen molar-refractivity contribution >= 4 is 11.9 Å². The highest BCUT2D eigenvalue weighted by Crippen LogP contribution is 2.18. The van der Waals surface area contributed by atoms with Crippen molar-refractivity contribution in [2.75, 3.05) is 6.61 Å². The normalized spacial score (nSPS) is 13.4. The molecule has 6 nitrogen and oxygen atoms in total. The fraction of sp³-hybridized carbons (Fsp3) is 0.882. The topological polar surface area (TPSA) is 95.9 Å². The molecule has 0 fully saturated rings. The van der Waals surface area contributed by atoms with Crippen LogP contribution in [0.1, 0.15) is 265 Å². The summed E-state index contributed by atoms with van der Waals surface area (Å²) < 4.78 is 5.90. The Bertz CT molecular complexity index is 904. The van der Waals surface area contributed by atoms with Crippen molar-refractivity contribution in [3.63, 3.8) is 0 Å². The van der Waals surface area contributed by atoms with Crippen LogP contribution >= 0.6 is 0 Å². The van der Waals surface area contributed by atoms with Gasteiger partial charge in [-0.2, -0.15) is 0 Å². The molecule has 0 heterocycles. The first-order valence-corrected chi connectivity index (χ1v) is 25.1. The van der Waals surface area contributed by atoms with Crippen LogP contribution in [0, 0.1) is 0 Å². The summed E-state index contributed by atoms with van der Waals surface area (Å²) in [4.78, 5) is 26.0. The summed E-state index contributed by atoms with van der Waals surface area (Å²) in [5.74, 6) is -0.486. The Balaban J connectivity index is 4.50. The van der Waals surface area contributed by atoms with Crippen molar-refractivity contribution in [2.45, 2.75) is 283 Å². The molecule has 3 N–H and O–H groups in total. The molecule has 57 heavy (non-hydrogen) atoms. The number of carbonyl (C=O) groups is 2. The van der Waals surface area contributed by atoms with Crippen LogP contribution in [-0.2, 0) is 14.3 Å².